The molecule has 0 unspecified atom stereocenters. The number of nitrogens with one attached hydrogen (secondary N) is 1. The van der Waals surface area contributed by atoms with Gasteiger partial charge in [0.2, 0.25) is 5.91 Å². The van der Waals surface area contributed by atoms with Crippen LogP contribution in [-0.4, -0.2) is 50.6 Å². The van der Waals surface area contributed by atoms with Crippen molar-refractivity contribution >= 4 is 11.6 Å². The molecule has 5 nitrogen and oxygen atoms in total. The van der Waals surface area contributed by atoms with Gasteiger partial charge in [-0.3, -0.25) is 9.69 Å². The van der Waals surface area contributed by atoms with Crippen LogP contribution in [0.15, 0.2) is 48.5 Å². The van der Waals surface area contributed by atoms with E-state index in [0.717, 1.165) is 51.2 Å². The normalized spacial score (nSPS) is 19.8. The highest BCUT2D eigenvalue weighted by molar-refractivity contribution is 5.78. The first-order chi connectivity index (χ1) is 13.7. The van der Waals surface area contributed by atoms with Crippen molar-refractivity contribution in [2.75, 3.05) is 44.7 Å². The highest BCUT2D eigenvalue weighted by Gasteiger charge is 2.24. The fourth-order valence-electron chi connectivity index (χ4n) is 4.32. The van der Waals surface area contributed by atoms with E-state index >= 15 is 0 Å². The van der Waals surface area contributed by atoms with Crippen molar-refractivity contribution in [2.24, 2.45) is 0 Å². The van der Waals surface area contributed by atoms with Gasteiger partial charge >= 0.3 is 0 Å². The number of rotatable bonds is 5. The van der Waals surface area contributed by atoms with Crippen molar-refractivity contribution in [1.29, 1.82) is 0 Å². The van der Waals surface area contributed by atoms with Gasteiger partial charge in [-0.05, 0) is 42.5 Å². The molecule has 1 atom stereocenters. The number of methoxy groups -OCH3 is 1. The maximum atomic E-state index is 12.6. The summed E-state index contributed by atoms with van der Waals surface area (Å²) in [5.41, 5.74) is 3.86. The third kappa shape index (κ3) is 4.30. The standard InChI is InChI=1S/C23H29N3O2/c1-28-20-9-5-8-19(16-20)26-14-12-25(13-15-26)17-23(27)24-22-11-4-7-18-6-2-3-10-21(18)22/h2-3,5-6,8-10,16,22H,4,7,11-15,17H2,1H3,(H,24,27)/t22-/m0/s1. The molecule has 0 saturated carbocycles. The van der Waals surface area contributed by atoms with Gasteiger partial charge in [-0.1, -0.05) is 30.3 Å². The number of hydrogen-bond donors (Lipinski definition) is 1. The van der Waals surface area contributed by atoms with Crippen molar-refractivity contribution in [2.45, 2.75) is 25.3 Å². The molecule has 28 heavy (non-hydrogen) atoms. The van der Waals surface area contributed by atoms with Gasteiger partial charge in [0.1, 0.15) is 5.75 Å². The van der Waals surface area contributed by atoms with Crippen LogP contribution in [-0.2, 0) is 11.2 Å². The number of amides is 1. The smallest absolute Gasteiger partial charge is 0.234 e. The number of carbonyl (C=O) groups excluding carboxylic acids is 1. The maximum Gasteiger partial charge on any atom is 0.234 e. The van der Waals surface area contributed by atoms with Crippen molar-refractivity contribution in [3.8, 4) is 5.75 Å². The Hall–Kier alpha value is -2.53. The molecule has 1 aliphatic carbocycles. The first-order valence-corrected chi connectivity index (χ1v) is 10.2. The predicted octanol–water partition coefficient (Wildman–Crippen LogP) is 3.01. The van der Waals surface area contributed by atoms with E-state index in [1.54, 1.807) is 7.11 Å². The molecule has 0 spiro atoms. The summed E-state index contributed by atoms with van der Waals surface area (Å²) >= 11 is 0. The molecule has 2 aromatic carbocycles. The van der Waals surface area contributed by atoms with E-state index in [9.17, 15) is 4.79 Å². The number of carbonyl (C=O) groups is 1. The Bertz CT molecular complexity index is 815. The van der Waals surface area contributed by atoms with Gasteiger partial charge in [-0.2, -0.15) is 0 Å². The van der Waals surface area contributed by atoms with Crippen LogP contribution >= 0.6 is 0 Å². The Labute approximate surface area is 167 Å². The Morgan fingerprint density at radius 1 is 1.11 bits per heavy atom. The molecule has 0 bridgehead atoms. The van der Waals surface area contributed by atoms with Crippen molar-refractivity contribution in [3.05, 3.63) is 59.7 Å². The summed E-state index contributed by atoms with van der Waals surface area (Å²) in [4.78, 5) is 17.2. The molecule has 1 amide bonds. The molecule has 1 heterocycles. The number of aryl methyl sites for hydroxylation is 1. The van der Waals surface area contributed by atoms with Crippen molar-refractivity contribution in [1.82, 2.24) is 10.2 Å². The van der Waals surface area contributed by atoms with Crippen LogP contribution in [0.1, 0.15) is 30.0 Å². The maximum absolute atomic E-state index is 12.6. The Kier molecular flexibility index (Phi) is 5.81. The van der Waals surface area contributed by atoms with Gasteiger partial charge in [-0.25, -0.2) is 0 Å². The Morgan fingerprint density at radius 2 is 1.93 bits per heavy atom. The van der Waals surface area contributed by atoms with Crippen LogP contribution in [0.4, 0.5) is 5.69 Å². The molecule has 0 aromatic heterocycles. The zero-order chi connectivity index (χ0) is 19.3. The minimum absolute atomic E-state index is 0.136. The van der Waals surface area contributed by atoms with Crippen LogP contribution < -0.4 is 15.0 Å². The molecule has 0 radical (unpaired) electrons. The summed E-state index contributed by atoms with van der Waals surface area (Å²) in [6, 6.07) is 16.8. The van der Waals surface area contributed by atoms with Gasteiger partial charge in [0.25, 0.3) is 0 Å². The Balaban J connectivity index is 1.29. The molecule has 1 saturated heterocycles. The van der Waals surface area contributed by atoms with E-state index in [0.29, 0.717) is 6.54 Å². The molecule has 2 aliphatic rings. The summed E-state index contributed by atoms with van der Waals surface area (Å²) < 4.78 is 5.33. The second-order valence-corrected chi connectivity index (χ2v) is 7.68. The molecule has 1 aliphatic heterocycles. The molecule has 5 heteroatoms. The first-order valence-electron chi connectivity index (χ1n) is 10.2. The number of hydrogen-bond acceptors (Lipinski definition) is 4. The van der Waals surface area contributed by atoms with E-state index in [-0.39, 0.29) is 11.9 Å². The van der Waals surface area contributed by atoms with Gasteiger partial charge in [-0.15, -0.1) is 0 Å². The SMILES string of the molecule is COc1cccc(N2CCN(CC(=O)N[C@H]3CCCc4ccccc43)CC2)c1. The van der Waals surface area contributed by atoms with E-state index in [1.807, 2.05) is 12.1 Å². The van der Waals surface area contributed by atoms with Crippen LogP contribution in [0.2, 0.25) is 0 Å². The number of anilines is 1. The molecule has 1 fully saturated rings. The number of piperazine rings is 1. The fraction of sp³-hybridized carbons (Fsp3) is 0.435. The van der Waals surface area contributed by atoms with Crippen LogP contribution in [0, 0.1) is 0 Å². The van der Waals surface area contributed by atoms with Gasteiger partial charge in [0.05, 0.1) is 19.7 Å². The average molecular weight is 380 g/mol. The average Bonchev–Trinajstić information content (AvgIpc) is 2.74. The summed E-state index contributed by atoms with van der Waals surface area (Å²) in [6.07, 6.45) is 3.29. The zero-order valence-electron chi connectivity index (χ0n) is 16.6. The van der Waals surface area contributed by atoms with Gasteiger partial charge in [0.15, 0.2) is 0 Å². The summed E-state index contributed by atoms with van der Waals surface area (Å²) in [6.45, 7) is 4.11. The van der Waals surface area contributed by atoms with Crippen molar-refractivity contribution in [3.63, 3.8) is 0 Å². The van der Waals surface area contributed by atoms with E-state index in [1.165, 1.54) is 16.8 Å². The van der Waals surface area contributed by atoms with E-state index in [4.69, 9.17) is 4.74 Å². The lowest BCUT2D eigenvalue weighted by Crippen LogP contribution is -2.50. The van der Waals surface area contributed by atoms with Crippen LogP contribution in [0.3, 0.4) is 0 Å². The zero-order valence-corrected chi connectivity index (χ0v) is 16.6. The van der Waals surface area contributed by atoms with Crippen molar-refractivity contribution < 1.29 is 9.53 Å². The number of nitrogens with zero attached hydrogens (tertiary/aromatic N) is 2. The monoisotopic (exact) mass is 379 g/mol. The molecular formula is C23H29N3O2. The molecule has 148 valence electrons. The molecular weight excluding hydrogens is 350 g/mol. The fourth-order valence-corrected chi connectivity index (χ4v) is 4.32. The first kappa shape index (κ1) is 18.8. The summed E-state index contributed by atoms with van der Waals surface area (Å²) in [5, 5.41) is 3.27. The quantitative estimate of drug-likeness (QED) is 0.867. The second kappa shape index (κ2) is 8.65. The second-order valence-electron chi connectivity index (χ2n) is 7.68. The predicted molar refractivity (Wildman–Crippen MR) is 112 cm³/mol. The number of fused-ring (bicyclic) bond motifs is 1. The Morgan fingerprint density at radius 3 is 2.75 bits per heavy atom. The minimum Gasteiger partial charge on any atom is -0.497 e. The highest BCUT2D eigenvalue weighted by atomic mass is 16.5. The lowest BCUT2D eigenvalue weighted by molar-refractivity contribution is -0.123. The molecule has 2 aromatic rings. The highest BCUT2D eigenvalue weighted by Crippen LogP contribution is 2.29. The lowest BCUT2D eigenvalue weighted by atomic mass is 9.88. The summed E-state index contributed by atoms with van der Waals surface area (Å²) in [5.74, 6) is 1.02. The molecule has 4 rings (SSSR count). The van der Waals surface area contributed by atoms with Gasteiger partial charge in [0, 0.05) is 37.9 Å². The topological polar surface area (TPSA) is 44.8 Å². The van der Waals surface area contributed by atoms with Crippen LogP contribution in [0.25, 0.3) is 0 Å². The van der Waals surface area contributed by atoms with Crippen LogP contribution in [0.5, 0.6) is 5.75 Å². The van der Waals surface area contributed by atoms with Gasteiger partial charge < -0.3 is 15.0 Å². The number of ether oxygens (including phenoxy) is 1. The molecule has 1 N–H and O–H groups in total. The van der Waals surface area contributed by atoms with E-state index < -0.39 is 0 Å². The largest absolute Gasteiger partial charge is 0.497 e. The third-order valence-corrected chi connectivity index (χ3v) is 5.86. The van der Waals surface area contributed by atoms with E-state index in [2.05, 4.69) is 51.5 Å². The minimum atomic E-state index is 0.136. The summed E-state index contributed by atoms with van der Waals surface area (Å²) in [7, 11) is 1.69. The third-order valence-electron chi connectivity index (χ3n) is 5.86. The number of benzene rings is 2. The lowest BCUT2D eigenvalue weighted by Gasteiger charge is -2.36.